The Kier molecular flexibility index (Phi) is 4.62. The van der Waals surface area contributed by atoms with Gasteiger partial charge in [0.2, 0.25) is 4.07 Å². The minimum Gasteiger partial charge on any atom is -0.463 e. The molecule has 0 saturated heterocycles. The standard InChI is InChI=1S/C6H9Cl2O5P/c1-3-13-5(9)4(2)6(7,8)14(10,11)12/h2-3H2,1H3,(H2,10,11,12). The van der Waals surface area contributed by atoms with E-state index < -0.39 is 23.2 Å². The average Bonchev–Trinajstić information content (AvgIpc) is 2.01. The van der Waals surface area contributed by atoms with Gasteiger partial charge in [0, 0.05) is 0 Å². The average molecular weight is 263 g/mol. The maximum absolute atomic E-state index is 11.0. The maximum Gasteiger partial charge on any atom is 0.366 e. The molecule has 0 fully saturated rings. The lowest BCUT2D eigenvalue weighted by molar-refractivity contribution is -0.138. The van der Waals surface area contributed by atoms with Gasteiger partial charge in [-0.1, -0.05) is 29.8 Å². The summed E-state index contributed by atoms with van der Waals surface area (Å²) < 4.78 is 12.6. The van der Waals surface area contributed by atoms with Gasteiger partial charge in [0.1, 0.15) is 0 Å². The first-order valence-corrected chi connectivity index (χ1v) is 5.81. The molecule has 0 spiro atoms. The molecular formula is C6H9Cl2O5P. The number of carbonyl (C=O) groups is 1. The Morgan fingerprint density at radius 3 is 2.29 bits per heavy atom. The molecule has 8 heteroatoms. The summed E-state index contributed by atoms with van der Waals surface area (Å²) in [7, 11) is -4.87. The highest BCUT2D eigenvalue weighted by Crippen LogP contribution is 2.59. The summed E-state index contributed by atoms with van der Waals surface area (Å²) in [6.07, 6.45) is 0. The molecule has 0 aliphatic heterocycles. The van der Waals surface area contributed by atoms with Gasteiger partial charge in [0.05, 0.1) is 12.2 Å². The van der Waals surface area contributed by atoms with Crippen LogP contribution in [0.3, 0.4) is 0 Å². The maximum atomic E-state index is 11.0. The molecule has 2 N–H and O–H groups in total. The first-order chi connectivity index (χ1) is 6.14. The van der Waals surface area contributed by atoms with Crippen LogP contribution in [0.25, 0.3) is 0 Å². The third-order valence-corrected chi connectivity index (χ3v) is 4.03. The van der Waals surface area contributed by atoms with Crippen molar-refractivity contribution in [2.45, 2.75) is 11.0 Å². The summed E-state index contributed by atoms with van der Waals surface area (Å²) in [5.74, 6) is -1.04. The Morgan fingerprint density at radius 2 is 2.00 bits per heavy atom. The molecule has 0 unspecified atom stereocenters. The molecule has 82 valence electrons. The van der Waals surface area contributed by atoms with Gasteiger partial charge in [-0.15, -0.1) is 0 Å². The van der Waals surface area contributed by atoms with Crippen LogP contribution in [0.5, 0.6) is 0 Å². The molecule has 5 nitrogen and oxygen atoms in total. The molecule has 0 aromatic rings. The minimum absolute atomic E-state index is 0.0306. The van der Waals surface area contributed by atoms with Crippen molar-refractivity contribution in [2.24, 2.45) is 0 Å². The summed E-state index contributed by atoms with van der Waals surface area (Å²) in [4.78, 5) is 28.4. The van der Waals surface area contributed by atoms with Crippen LogP contribution in [0.1, 0.15) is 6.92 Å². The monoisotopic (exact) mass is 262 g/mol. The summed E-state index contributed by atoms with van der Waals surface area (Å²) >= 11 is 10.6. The van der Waals surface area contributed by atoms with E-state index in [0.717, 1.165) is 0 Å². The van der Waals surface area contributed by atoms with Gasteiger partial charge < -0.3 is 14.5 Å². The van der Waals surface area contributed by atoms with E-state index >= 15 is 0 Å². The second-order valence-corrected chi connectivity index (χ2v) is 5.90. The van der Waals surface area contributed by atoms with Gasteiger partial charge in [0.25, 0.3) is 0 Å². The Labute approximate surface area is 90.8 Å². The van der Waals surface area contributed by atoms with Crippen molar-refractivity contribution < 1.29 is 23.9 Å². The minimum atomic E-state index is -4.87. The second-order valence-electron chi connectivity index (χ2n) is 2.28. The summed E-state index contributed by atoms with van der Waals surface area (Å²) in [6, 6.07) is 0. The van der Waals surface area contributed by atoms with Crippen LogP contribution in [0, 0.1) is 0 Å². The molecule has 0 aromatic heterocycles. The van der Waals surface area contributed by atoms with Crippen LogP contribution in [0.4, 0.5) is 0 Å². The number of halogens is 2. The van der Waals surface area contributed by atoms with Crippen LogP contribution >= 0.6 is 30.8 Å². The molecule has 0 aliphatic carbocycles. The van der Waals surface area contributed by atoms with Crippen molar-refractivity contribution in [2.75, 3.05) is 6.61 Å². The van der Waals surface area contributed by atoms with Gasteiger partial charge in [-0.25, -0.2) is 4.79 Å². The Balaban J connectivity index is 4.86. The van der Waals surface area contributed by atoms with Crippen LogP contribution < -0.4 is 0 Å². The number of esters is 1. The van der Waals surface area contributed by atoms with E-state index in [4.69, 9.17) is 33.0 Å². The normalized spacial score (nSPS) is 12.4. The topological polar surface area (TPSA) is 83.8 Å². The number of rotatable bonds is 4. The van der Waals surface area contributed by atoms with Crippen molar-refractivity contribution in [3.63, 3.8) is 0 Å². The van der Waals surface area contributed by atoms with E-state index in [9.17, 15) is 9.36 Å². The van der Waals surface area contributed by atoms with Crippen molar-refractivity contribution in [3.8, 4) is 0 Å². The predicted molar refractivity (Wildman–Crippen MR) is 52.3 cm³/mol. The zero-order valence-electron chi connectivity index (χ0n) is 7.24. The molecule has 14 heavy (non-hydrogen) atoms. The number of hydrogen-bond acceptors (Lipinski definition) is 3. The van der Waals surface area contributed by atoms with Gasteiger partial charge in [-0.3, -0.25) is 4.57 Å². The van der Waals surface area contributed by atoms with Crippen LogP contribution in [-0.4, -0.2) is 26.4 Å². The van der Waals surface area contributed by atoms with E-state index in [-0.39, 0.29) is 6.61 Å². The molecule has 0 heterocycles. The van der Waals surface area contributed by atoms with Gasteiger partial charge >= 0.3 is 13.6 Å². The van der Waals surface area contributed by atoms with E-state index in [1.807, 2.05) is 0 Å². The fraction of sp³-hybridized carbons (Fsp3) is 0.500. The quantitative estimate of drug-likeness (QED) is 0.347. The molecular weight excluding hydrogens is 254 g/mol. The van der Waals surface area contributed by atoms with Crippen molar-refractivity contribution in [3.05, 3.63) is 12.2 Å². The molecule has 0 saturated carbocycles. The third-order valence-electron chi connectivity index (χ3n) is 1.25. The van der Waals surface area contributed by atoms with Gasteiger partial charge in [-0.05, 0) is 6.92 Å². The smallest absolute Gasteiger partial charge is 0.366 e. The highest BCUT2D eigenvalue weighted by molar-refractivity contribution is 7.58. The highest BCUT2D eigenvalue weighted by atomic mass is 35.5. The Hall–Kier alpha value is -0.0600. The summed E-state index contributed by atoms with van der Waals surface area (Å²) in [6.45, 7) is 4.63. The fourth-order valence-corrected chi connectivity index (χ4v) is 1.11. The van der Waals surface area contributed by atoms with E-state index in [1.165, 1.54) is 6.92 Å². The molecule has 0 atom stereocenters. The largest absolute Gasteiger partial charge is 0.463 e. The molecule has 0 radical (unpaired) electrons. The van der Waals surface area contributed by atoms with Crippen LogP contribution in [-0.2, 0) is 14.1 Å². The first kappa shape index (κ1) is 13.9. The van der Waals surface area contributed by atoms with Crippen molar-refractivity contribution in [1.29, 1.82) is 0 Å². The van der Waals surface area contributed by atoms with Crippen LogP contribution in [0.2, 0.25) is 0 Å². The van der Waals surface area contributed by atoms with E-state index in [0.29, 0.717) is 0 Å². The molecule has 0 rings (SSSR count). The van der Waals surface area contributed by atoms with E-state index in [1.54, 1.807) is 0 Å². The Morgan fingerprint density at radius 1 is 1.57 bits per heavy atom. The summed E-state index contributed by atoms with van der Waals surface area (Å²) in [5, 5.41) is 0. The zero-order valence-corrected chi connectivity index (χ0v) is 9.64. The van der Waals surface area contributed by atoms with Crippen molar-refractivity contribution >= 4 is 36.8 Å². The third kappa shape index (κ3) is 2.97. The zero-order chi connectivity index (χ0) is 11.6. The van der Waals surface area contributed by atoms with Crippen LogP contribution in [0.15, 0.2) is 12.2 Å². The summed E-state index contributed by atoms with van der Waals surface area (Å²) in [5.41, 5.74) is -0.684. The highest BCUT2D eigenvalue weighted by Gasteiger charge is 2.49. The fourth-order valence-electron chi connectivity index (χ4n) is 0.517. The number of ether oxygens (including phenoxy) is 1. The number of hydrogen-bond donors (Lipinski definition) is 2. The number of alkyl halides is 2. The molecule has 0 bridgehead atoms. The Bertz CT molecular complexity index is 295. The molecule has 0 aromatic carbocycles. The predicted octanol–water partition coefficient (Wildman–Crippen LogP) is 1.41. The SMILES string of the molecule is C=C(C(=O)OCC)C(Cl)(Cl)P(=O)(O)O. The second kappa shape index (κ2) is 4.64. The lowest BCUT2D eigenvalue weighted by atomic mass is 10.3. The van der Waals surface area contributed by atoms with Gasteiger partial charge in [0.15, 0.2) is 0 Å². The van der Waals surface area contributed by atoms with E-state index in [2.05, 4.69) is 11.3 Å². The lowest BCUT2D eigenvalue weighted by Crippen LogP contribution is -2.23. The number of carbonyl (C=O) groups excluding carboxylic acids is 1. The first-order valence-electron chi connectivity index (χ1n) is 3.44. The molecule has 0 amide bonds. The van der Waals surface area contributed by atoms with Gasteiger partial charge in [-0.2, -0.15) is 0 Å². The van der Waals surface area contributed by atoms with Crippen molar-refractivity contribution in [1.82, 2.24) is 0 Å². The lowest BCUT2D eigenvalue weighted by Gasteiger charge is -2.21. The molecule has 0 aliphatic rings.